The van der Waals surface area contributed by atoms with Crippen LogP contribution in [-0.4, -0.2) is 30.8 Å². The summed E-state index contributed by atoms with van der Waals surface area (Å²) in [4.78, 5) is 13.8. The number of para-hydroxylation sites is 1. The van der Waals surface area contributed by atoms with E-state index in [9.17, 15) is 9.90 Å². The van der Waals surface area contributed by atoms with Crippen LogP contribution in [0, 0.1) is 5.92 Å². The van der Waals surface area contributed by atoms with Gasteiger partial charge in [0, 0.05) is 11.6 Å². The molecule has 1 atom stereocenters. The summed E-state index contributed by atoms with van der Waals surface area (Å²) in [6, 6.07) is 13.8. The van der Waals surface area contributed by atoms with Gasteiger partial charge in [-0.3, -0.25) is 4.79 Å². The minimum atomic E-state index is -0.448. The van der Waals surface area contributed by atoms with Crippen molar-refractivity contribution in [2.75, 3.05) is 18.6 Å². The number of aliphatic hydroxyl groups excluding tert-OH is 1. The second-order valence-electron chi connectivity index (χ2n) is 9.51. The molecule has 0 radical (unpaired) electrons. The lowest BCUT2D eigenvalue weighted by atomic mass is 9.86. The molecular formula is C26H37NO4. The molecule has 0 saturated heterocycles. The molecule has 0 aliphatic carbocycles. The van der Waals surface area contributed by atoms with Crippen molar-refractivity contribution in [1.29, 1.82) is 0 Å². The van der Waals surface area contributed by atoms with E-state index in [1.807, 2.05) is 62.9 Å². The Bertz CT molecular complexity index is 883. The number of carbonyl (C=O) groups excluding carboxylic acids is 1. The van der Waals surface area contributed by atoms with E-state index < -0.39 is 6.10 Å². The van der Waals surface area contributed by atoms with E-state index in [1.54, 1.807) is 7.11 Å². The van der Waals surface area contributed by atoms with Gasteiger partial charge in [0.05, 0.1) is 18.9 Å². The number of aliphatic hydroxyl groups is 1. The van der Waals surface area contributed by atoms with Gasteiger partial charge in [0.25, 0.3) is 5.91 Å². The summed E-state index contributed by atoms with van der Waals surface area (Å²) < 4.78 is 10.6. The molecule has 0 saturated carbocycles. The molecule has 1 heterocycles. The maximum absolute atomic E-state index is 12.0. The molecule has 1 aliphatic rings. The Morgan fingerprint density at radius 2 is 1.71 bits per heavy atom. The summed E-state index contributed by atoms with van der Waals surface area (Å²) in [6.45, 7) is 14.7. The molecule has 3 rings (SSSR count). The normalized spacial score (nSPS) is 14.5. The highest BCUT2D eigenvalue weighted by Crippen LogP contribution is 2.37. The first-order valence-corrected chi connectivity index (χ1v) is 10.9. The Hall–Kier alpha value is -2.53. The molecule has 1 unspecified atom stereocenters. The van der Waals surface area contributed by atoms with Crippen LogP contribution < -0.4 is 14.4 Å². The molecular weight excluding hydrogens is 390 g/mol. The van der Waals surface area contributed by atoms with Gasteiger partial charge in [0.1, 0.15) is 11.5 Å². The molecule has 0 bridgehead atoms. The Kier molecular flexibility index (Phi) is 8.13. The molecule has 2 aromatic rings. The predicted molar refractivity (Wildman–Crippen MR) is 126 cm³/mol. The Morgan fingerprint density at radius 1 is 1.06 bits per heavy atom. The van der Waals surface area contributed by atoms with Crippen LogP contribution in [0.3, 0.4) is 0 Å². The summed E-state index contributed by atoms with van der Waals surface area (Å²) in [5.74, 6) is 1.79. The van der Waals surface area contributed by atoms with Crippen LogP contribution in [0.2, 0.25) is 0 Å². The molecule has 170 valence electrons. The monoisotopic (exact) mass is 427 g/mol. The highest BCUT2D eigenvalue weighted by Gasteiger charge is 2.29. The highest BCUT2D eigenvalue weighted by molar-refractivity contribution is 5.98. The largest absolute Gasteiger partial charge is 0.496 e. The fourth-order valence-corrected chi connectivity index (χ4v) is 3.47. The number of anilines is 1. The van der Waals surface area contributed by atoms with Crippen molar-refractivity contribution in [3.8, 4) is 11.5 Å². The third-order valence-electron chi connectivity index (χ3n) is 5.31. The molecule has 5 heteroatoms. The van der Waals surface area contributed by atoms with Gasteiger partial charge >= 0.3 is 0 Å². The van der Waals surface area contributed by atoms with Crippen molar-refractivity contribution < 1.29 is 19.4 Å². The van der Waals surface area contributed by atoms with Gasteiger partial charge < -0.3 is 19.5 Å². The van der Waals surface area contributed by atoms with Gasteiger partial charge in [-0.15, -0.1) is 0 Å². The van der Waals surface area contributed by atoms with Crippen LogP contribution in [0.4, 0.5) is 5.69 Å². The number of ether oxygens (including phenoxy) is 2. The Balaban J connectivity index is 0.000000233. The van der Waals surface area contributed by atoms with Crippen molar-refractivity contribution in [1.82, 2.24) is 0 Å². The number of benzene rings is 2. The number of methoxy groups -OCH3 is 1. The quantitative estimate of drug-likeness (QED) is 0.700. The zero-order chi connectivity index (χ0) is 23.3. The van der Waals surface area contributed by atoms with Crippen LogP contribution in [0.25, 0.3) is 0 Å². The molecule has 31 heavy (non-hydrogen) atoms. The summed E-state index contributed by atoms with van der Waals surface area (Å²) in [5.41, 5.74) is 3.04. The smallest absolute Gasteiger partial charge is 0.265 e. The number of amides is 1. The molecule has 1 aliphatic heterocycles. The van der Waals surface area contributed by atoms with E-state index >= 15 is 0 Å². The van der Waals surface area contributed by atoms with Crippen molar-refractivity contribution in [3.05, 3.63) is 53.6 Å². The summed E-state index contributed by atoms with van der Waals surface area (Å²) >= 11 is 0. The lowest BCUT2D eigenvalue weighted by Crippen LogP contribution is -2.43. The SMILES string of the molecule is CC(C)N1C(=O)COc2ccc(C(C)(C)C)cc21.COc1ccccc1C(O)C(C)C. The van der Waals surface area contributed by atoms with Crippen LogP contribution >= 0.6 is 0 Å². The van der Waals surface area contributed by atoms with Crippen molar-refractivity contribution in [2.24, 2.45) is 5.92 Å². The lowest BCUT2D eigenvalue weighted by molar-refractivity contribution is -0.121. The van der Waals surface area contributed by atoms with Crippen LogP contribution in [0.15, 0.2) is 42.5 Å². The number of hydrogen-bond donors (Lipinski definition) is 1. The van der Waals surface area contributed by atoms with Crippen molar-refractivity contribution >= 4 is 11.6 Å². The van der Waals surface area contributed by atoms with Gasteiger partial charge in [-0.05, 0) is 48.9 Å². The first-order valence-electron chi connectivity index (χ1n) is 10.9. The summed E-state index contributed by atoms with van der Waals surface area (Å²) in [7, 11) is 1.62. The van der Waals surface area contributed by atoms with Gasteiger partial charge in [0.15, 0.2) is 6.61 Å². The van der Waals surface area contributed by atoms with Crippen LogP contribution in [0.1, 0.15) is 65.7 Å². The molecule has 5 nitrogen and oxygen atoms in total. The second kappa shape index (κ2) is 10.2. The number of carbonyl (C=O) groups is 1. The number of fused-ring (bicyclic) bond motifs is 1. The van der Waals surface area contributed by atoms with Crippen LogP contribution in [0.5, 0.6) is 11.5 Å². The van der Waals surface area contributed by atoms with E-state index in [2.05, 4.69) is 32.9 Å². The maximum atomic E-state index is 12.0. The van der Waals surface area contributed by atoms with E-state index in [1.165, 1.54) is 5.56 Å². The predicted octanol–water partition coefficient (Wildman–Crippen LogP) is 5.50. The average molecular weight is 428 g/mol. The fourth-order valence-electron chi connectivity index (χ4n) is 3.47. The minimum absolute atomic E-state index is 0.0311. The first-order chi connectivity index (χ1) is 14.5. The average Bonchev–Trinajstić information content (AvgIpc) is 2.72. The zero-order valence-corrected chi connectivity index (χ0v) is 20.1. The molecule has 0 aromatic heterocycles. The first kappa shape index (κ1) is 24.7. The maximum Gasteiger partial charge on any atom is 0.265 e. The van der Waals surface area contributed by atoms with Crippen molar-refractivity contribution in [2.45, 2.75) is 66.0 Å². The second-order valence-corrected chi connectivity index (χ2v) is 9.51. The number of hydrogen-bond acceptors (Lipinski definition) is 4. The third-order valence-corrected chi connectivity index (χ3v) is 5.31. The summed E-state index contributed by atoms with van der Waals surface area (Å²) in [6.07, 6.45) is -0.448. The number of nitrogens with zero attached hydrogens (tertiary/aromatic N) is 1. The van der Waals surface area contributed by atoms with Gasteiger partial charge in [-0.25, -0.2) is 0 Å². The molecule has 1 amide bonds. The van der Waals surface area contributed by atoms with E-state index in [4.69, 9.17) is 9.47 Å². The molecule has 0 spiro atoms. The topological polar surface area (TPSA) is 59.0 Å². The van der Waals surface area contributed by atoms with Gasteiger partial charge in [-0.2, -0.15) is 0 Å². The van der Waals surface area contributed by atoms with E-state index in [0.717, 1.165) is 22.7 Å². The van der Waals surface area contributed by atoms with E-state index in [0.29, 0.717) is 0 Å². The molecule has 1 N–H and O–H groups in total. The lowest BCUT2D eigenvalue weighted by Gasteiger charge is -2.33. The summed E-state index contributed by atoms with van der Waals surface area (Å²) in [5, 5.41) is 9.83. The standard InChI is InChI=1S/C15H21NO2.C11H16O2/c1-10(2)16-12-8-11(15(3,4)5)6-7-13(12)18-9-14(16)17;1-8(2)11(12)9-6-4-5-7-10(9)13-3/h6-8,10H,9H2,1-5H3;4-8,11-12H,1-3H3. The fraction of sp³-hybridized carbons (Fsp3) is 0.500. The van der Waals surface area contributed by atoms with E-state index in [-0.39, 0.29) is 29.9 Å². The highest BCUT2D eigenvalue weighted by atomic mass is 16.5. The Morgan fingerprint density at radius 3 is 2.26 bits per heavy atom. The Labute approximate surface area is 187 Å². The van der Waals surface area contributed by atoms with Gasteiger partial charge in [-0.1, -0.05) is 58.9 Å². The molecule has 0 fully saturated rings. The zero-order valence-electron chi connectivity index (χ0n) is 20.1. The minimum Gasteiger partial charge on any atom is -0.496 e. The third kappa shape index (κ3) is 6.01. The van der Waals surface area contributed by atoms with Gasteiger partial charge in [0.2, 0.25) is 0 Å². The number of rotatable bonds is 4. The van der Waals surface area contributed by atoms with Crippen molar-refractivity contribution in [3.63, 3.8) is 0 Å². The van der Waals surface area contributed by atoms with Crippen LogP contribution in [-0.2, 0) is 10.2 Å². The molecule has 2 aromatic carbocycles.